The second kappa shape index (κ2) is 6.14. The Labute approximate surface area is 149 Å². The summed E-state index contributed by atoms with van der Waals surface area (Å²) in [6, 6.07) is 19.3. The summed E-state index contributed by atoms with van der Waals surface area (Å²) in [4.78, 5) is 4.33. The molecular weight excluding hydrogens is 304 g/mol. The first-order chi connectivity index (χ1) is 12.6. The third-order valence-corrected chi connectivity index (χ3v) is 4.83. The molecular formula is C23H21N2+. The van der Waals surface area contributed by atoms with Gasteiger partial charge in [0.1, 0.15) is 7.05 Å². The maximum Gasteiger partial charge on any atom is 0.222 e. The molecule has 122 valence electrons. The minimum atomic E-state index is 0.575. The van der Waals surface area contributed by atoms with Crippen molar-refractivity contribution in [3.8, 4) is 22.4 Å². The Hall–Kier alpha value is -3.00. The van der Waals surface area contributed by atoms with Crippen LogP contribution in [-0.2, 0) is 7.05 Å². The van der Waals surface area contributed by atoms with Crippen molar-refractivity contribution in [2.45, 2.75) is 13.8 Å². The minimum Gasteiger partial charge on any atom is -0.264 e. The molecule has 0 spiro atoms. The van der Waals surface area contributed by atoms with E-state index >= 15 is 0 Å². The average molecular weight is 326 g/mol. The Morgan fingerprint density at radius 1 is 0.960 bits per heavy atom. The van der Waals surface area contributed by atoms with Crippen molar-refractivity contribution < 1.29 is 5.94 Å². The predicted octanol–water partition coefficient (Wildman–Crippen LogP) is 5.01. The van der Waals surface area contributed by atoms with Crippen LogP contribution in [0.3, 0.4) is 0 Å². The van der Waals surface area contributed by atoms with Gasteiger partial charge in [0.15, 0.2) is 5.69 Å². The summed E-state index contributed by atoms with van der Waals surface area (Å²) in [6.45, 7) is 4.11. The minimum absolute atomic E-state index is 0.575. The lowest BCUT2D eigenvalue weighted by Crippen LogP contribution is -2.35. The summed E-state index contributed by atoms with van der Waals surface area (Å²) in [5.41, 5.74) is 6.64. The number of pyridine rings is 2. The lowest BCUT2D eigenvalue weighted by molar-refractivity contribution is -0.665. The van der Waals surface area contributed by atoms with Crippen molar-refractivity contribution in [1.82, 2.24) is 4.98 Å². The molecule has 25 heavy (non-hydrogen) atoms. The zero-order chi connectivity index (χ0) is 18.3. The van der Waals surface area contributed by atoms with E-state index < -0.39 is 0 Å². The molecule has 2 nitrogen and oxygen atoms in total. The van der Waals surface area contributed by atoms with E-state index in [0.29, 0.717) is 6.04 Å². The molecule has 0 bridgehead atoms. The standard InChI is InChI=1S/C23H21N2/c1-16-11-12-24-15-22(16)23-21-10-9-19(18-7-5-4-6-8-18)14-20(21)13-17(2)25(23)3/h4-15H,1-3H3/q+1/i13D. The summed E-state index contributed by atoms with van der Waals surface area (Å²) < 4.78 is 10.8. The maximum absolute atomic E-state index is 8.66. The quantitative estimate of drug-likeness (QED) is 0.473. The van der Waals surface area contributed by atoms with E-state index in [-0.39, 0.29) is 0 Å². The Bertz CT molecular complexity index is 1120. The molecule has 2 aromatic carbocycles. The fourth-order valence-corrected chi connectivity index (χ4v) is 3.33. The van der Waals surface area contributed by atoms with E-state index in [1.807, 2.05) is 50.6 Å². The van der Waals surface area contributed by atoms with E-state index in [0.717, 1.165) is 33.3 Å². The van der Waals surface area contributed by atoms with Gasteiger partial charge in [0.2, 0.25) is 5.69 Å². The molecule has 0 fully saturated rings. The topological polar surface area (TPSA) is 16.8 Å². The van der Waals surface area contributed by atoms with E-state index in [9.17, 15) is 0 Å². The zero-order valence-corrected chi connectivity index (χ0v) is 14.7. The molecule has 0 atom stereocenters. The van der Waals surface area contributed by atoms with Crippen LogP contribution in [-0.4, -0.2) is 4.98 Å². The highest BCUT2D eigenvalue weighted by atomic mass is 14.9. The third kappa shape index (κ3) is 2.70. The van der Waals surface area contributed by atoms with Crippen molar-refractivity contribution in [3.05, 3.63) is 84.3 Å². The summed E-state index contributed by atoms with van der Waals surface area (Å²) in [5.74, 6) is 0. The third-order valence-electron chi connectivity index (χ3n) is 4.83. The molecule has 0 radical (unpaired) electrons. The number of nitrogens with zero attached hydrogens (tertiary/aromatic N) is 2. The molecule has 0 N–H and O–H groups in total. The lowest BCUT2D eigenvalue weighted by atomic mass is 9.97. The van der Waals surface area contributed by atoms with Crippen LogP contribution in [0.1, 0.15) is 12.6 Å². The van der Waals surface area contributed by atoms with Crippen molar-refractivity contribution >= 4 is 10.8 Å². The van der Waals surface area contributed by atoms with Crippen LogP contribution in [0.5, 0.6) is 0 Å². The number of aryl methyl sites for hydroxylation is 1. The first-order valence-electron chi connectivity index (χ1n) is 8.97. The summed E-state index contributed by atoms with van der Waals surface area (Å²) >= 11 is 0. The molecule has 2 heterocycles. The van der Waals surface area contributed by atoms with Crippen molar-refractivity contribution in [2.24, 2.45) is 7.05 Å². The van der Waals surface area contributed by atoms with Gasteiger partial charge in [0.05, 0.1) is 12.3 Å². The Kier molecular flexibility index (Phi) is 3.52. The molecule has 2 aromatic heterocycles. The maximum atomic E-state index is 8.66. The van der Waals surface area contributed by atoms with Crippen LogP contribution < -0.4 is 4.57 Å². The van der Waals surface area contributed by atoms with Crippen molar-refractivity contribution in [2.75, 3.05) is 0 Å². The molecule has 0 aliphatic rings. The SMILES string of the molecule is [2H]c1c(C)[n+](C)c(-c2cnccc2C)c2ccc(-c3ccccc3)cc12. The van der Waals surface area contributed by atoms with Gasteiger partial charge < -0.3 is 0 Å². The Balaban J connectivity index is 2.06. The fourth-order valence-electron chi connectivity index (χ4n) is 3.33. The van der Waals surface area contributed by atoms with E-state index in [1.165, 1.54) is 11.1 Å². The number of fused-ring (bicyclic) bond motifs is 1. The molecule has 0 saturated heterocycles. The van der Waals surface area contributed by atoms with E-state index in [4.69, 9.17) is 1.37 Å². The van der Waals surface area contributed by atoms with Crippen LogP contribution in [0.15, 0.2) is 73.0 Å². The van der Waals surface area contributed by atoms with E-state index in [1.54, 1.807) is 0 Å². The van der Waals surface area contributed by atoms with Crippen LogP contribution in [0.25, 0.3) is 33.2 Å². The van der Waals surface area contributed by atoms with Gasteiger partial charge in [-0.2, -0.15) is 4.57 Å². The van der Waals surface area contributed by atoms with Gasteiger partial charge in [-0.25, -0.2) is 0 Å². The van der Waals surface area contributed by atoms with Crippen LogP contribution >= 0.6 is 0 Å². The van der Waals surface area contributed by atoms with Gasteiger partial charge in [0, 0.05) is 25.4 Å². The molecule has 0 aliphatic carbocycles. The molecule has 0 saturated carbocycles. The largest absolute Gasteiger partial charge is 0.264 e. The zero-order valence-electron chi connectivity index (χ0n) is 15.7. The molecule has 2 heteroatoms. The normalized spacial score (nSPS) is 11.6. The summed E-state index contributed by atoms with van der Waals surface area (Å²) in [7, 11) is 2.03. The predicted molar refractivity (Wildman–Crippen MR) is 103 cm³/mol. The number of hydrogen-bond donors (Lipinski definition) is 0. The van der Waals surface area contributed by atoms with Crippen molar-refractivity contribution in [3.63, 3.8) is 0 Å². The molecule has 4 rings (SSSR count). The van der Waals surface area contributed by atoms with Gasteiger partial charge in [-0.3, -0.25) is 4.98 Å². The van der Waals surface area contributed by atoms with Gasteiger partial charge in [-0.15, -0.1) is 0 Å². The monoisotopic (exact) mass is 326 g/mol. The number of hydrogen-bond acceptors (Lipinski definition) is 1. The Morgan fingerprint density at radius 2 is 1.76 bits per heavy atom. The van der Waals surface area contributed by atoms with Crippen LogP contribution in [0.4, 0.5) is 0 Å². The molecule has 0 amide bonds. The van der Waals surface area contributed by atoms with E-state index in [2.05, 4.69) is 46.8 Å². The van der Waals surface area contributed by atoms with Gasteiger partial charge >= 0.3 is 0 Å². The van der Waals surface area contributed by atoms with Gasteiger partial charge in [0.25, 0.3) is 0 Å². The first kappa shape index (κ1) is 14.4. The highest BCUT2D eigenvalue weighted by Crippen LogP contribution is 2.31. The number of aromatic nitrogens is 2. The van der Waals surface area contributed by atoms with Crippen molar-refractivity contribution in [1.29, 1.82) is 0 Å². The average Bonchev–Trinajstić information content (AvgIpc) is 2.68. The summed E-state index contributed by atoms with van der Waals surface area (Å²) in [5, 5.41) is 2.05. The second-order valence-electron chi connectivity index (χ2n) is 6.44. The van der Waals surface area contributed by atoms with Crippen LogP contribution in [0, 0.1) is 13.8 Å². The first-order valence-corrected chi connectivity index (χ1v) is 8.47. The van der Waals surface area contributed by atoms with Gasteiger partial charge in [-0.1, -0.05) is 36.4 Å². The second-order valence-corrected chi connectivity index (χ2v) is 6.44. The number of rotatable bonds is 2. The number of benzene rings is 2. The Morgan fingerprint density at radius 3 is 2.52 bits per heavy atom. The molecule has 0 unspecified atom stereocenters. The fraction of sp³-hybridized carbons (Fsp3) is 0.130. The highest BCUT2D eigenvalue weighted by molar-refractivity contribution is 5.96. The smallest absolute Gasteiger partial charge is 0.222 e. The lowest BCUT2D eigenvalue weighted by Gasteiger charge is -2.11. The van der Waals surface area contributed by atoms with Gasteiger partial charge in [-0.05, 0) is 47.2 Å². The summed E-state index contributed by atoms with van der Waals surface area (Å²) in [6.07, 6.45) is 3.73. The molecule has 4 aromatic rings. The molecule has 0 aliphatic heterocycles. The van der Waals surface area contributed by atoms with Crippen LogP contribution in [0.2, 0.25) is 0 Å². The highest BCUT2D eigenvalue weighted by Gasteiger charge is 2.19.